The molecule has 5 nitrogen and oxygen atoms in total. The standard InChI is InChI=1S/C25H24N4O/c1-15-11-16(2)26-25-23(15)27-17(3)29(25)14-18-9-10-21-20(12-18)13-22(28-21)24(30)19-7-5-4-6-8-19/h4-13,24,28,30H,14H2,1-3H3. The van der Waals surface area contributed by atoms with E-state index < -0.39 is 6.10 Å². The third kappa shape index (κ3) is 3.17. The fourth-order valence-corrected chi connectivity index (χ4v) is 4.15. The Balaban J connectivity index is 1.51. The summed E-state index contributed by atoms with van der Waals surface area (Å²) in [4.78, 5) is 12.8. The van der Waals surface area contributed by atoms with Gasteiger partial charge >= 0.3 is 0 Å². The van der Waals surface area contributed by atoms with Crippen molar-refractivity contribution in [1.82, 2.24) is 19.5 Å². The minimum atomic E-state index is -0.669. The van der Waals surface area contributed by atoms with Gasteiger partial charge in [0.25, 0.3) is 0 Å². The van der Waals surface area contributed by atoms with Crippen LogP contribution in [0.1, 0.15) is 40.0 Å². The molecule has 0 aliphatic carbocycles. The molecule has 0 fully saturated rings. The van der Waals surface area contributed by atoms with E-state index in [0.717, 1.165) is 50.4 Å². The Labute approximate surface area is 175 Å². The zero-order valence-electron chi connectivity index (χ0n) is 17.3. The topological polar surface area (TPSA) is 66.7 Å². The Morgan fingerprint density at radius 3 is 2.57 bits per heavy atom. The molecule has 0 amide bonds. The molecule has 3 heterocycles. The number of aromatic nitrogens is 4. The lowest BCUT2D eigenvalue weighted by Gasteiger charge is -2.08. The number of nitrogens with zero attached hydrogens (tertiary/aromatic N) is 3. The Kier molecular flexibility index (Phi) is 4.40. The van der Waals surface area contributed by atoms with Crippen molar-refractivity contribution in [2.75, 3.05) is 0 Å². The summed E-state index contributed by atoms with van der Waals surface area (Å²) in [5.41, 5.74) is 7.91. The number of aliphatic hydroxyl groups is 1. The lowest BCUT2D eigenvalue weighted by Crippen LogP contribution is -2.03. The van der Waals surface area contributed by atoms with Crippen molar-refractivity contribution in [1.29, 1.82) is 0 Å². The van der Waals surface area contributed by atoms with E-state index in [2.05, 4.69) is 40.7 Å². The van der Waals surface area contributed by atoms with Gasteiger partial charge in [0.2, 0.25) is 0 Å². The van der Waals surface area contributed by atoms with E-state index in [4.69, 9.17) is 9.97 Å². The fourth-order valence-electron chi connectivity index (χ4n) is 4.15. The first kappa shape index (κ1) is 18.6. The second-order valence-corrected chi connectivity index (χ2v) is 7.96. The van der Waals surface area contributed by atoms with Crippen molar-refractivity contribution in [3.05, 3.63) is 94.6 Å². The molecule has 1 atom stereocenters. The molecule has 0 bridgehead atoms. The first-order valence-electron chi connectivity index (χ1n) is 10.2. The van der Waals surface area contributed by atoms with Gasteiger partial charge in [-0.05, 0) is 61.7 Å². The summed E-state index contributed by atoms with van der Waals surface area (Å²) >= 11 is 0. The van der Waals surface area contributed by atoms with E-state index in [1.54, 1.807) is 0 Å². The number of hydrogen-bond acceptors (Lipinski definition) is 3. The van der Waals surface area contributed by atoms with Crippen LogP contribution in [0.3, 0.4) is 0 Å². The van der Waals surface area contributed by atoms with Crippen molar-refractivity contribution in [2.45, 2.75) is 33.4 Å². The van der Waals surface area contributed by atoms with Crippen molar-refractivity contribution >= 4 is 22.1 Å². The minimum Gasteiger partial charge on any atom is -0.382 e. The molecule has 2 aromatic carbocycles. The molecule has 0 radical (unpaired) electrons. The monoisotopic (exact) mass is 396 g/mol. The number of rotatable bonds is 4. The molecule has 30 heavy (non-hydrogen) atoms. The zero-order chi connectivity index (χ0) is 20.8. The van der Waals surface area contributed by atoms with E-state index in [9.17, 15) is 5.11 Å². The molecular weight excluding hydrogens is 372 g/mol. The van der Waals surface area contributed by atoms with E-state index in [-0.39, 0.29) is 0 Å². The van der Waals surface area contributed by atoms with Crippen molar-refractivity contribution in [2.24, 2.45) is 0 Å². The number of aliphatic hydroxyl groups excluding tert-OH is 1. The van der Waals surface area contributed by atoms with Gasteiger partial charge in [-0.2, -0.15) is 0 Å². The van der Waals surface area contributed by atoms with Gasteiger partial charge in [0, 0.05) is 22.3 Å². The highest BCUT2D eigenvalue weighted by Crippen LogP contribution is 2.27. The van der Waals surface area contributed by atoms with Crippen molar-refractivity contribution in [3.8, 4) is 0 Å². The molecule has 5 rings (SSSR count). The molecule has 3 aromatic heterocycles. The first-order valence-corrected chi connectivity index (χ1v) is 10.2. The van der Waals surface area contributed by atoms with E-state index in [1.807, 2.05) is 50.2 Å². The van der Waals surface area contributed by atoms with Crippen molar-refractivity contribution < 1.29 is 5.11 Å². The summed E-state index contributed by atoms with van der Waals surface area (Å²) in [6.45, 7) is 6.83. The molecule has 1 unspecified atom stereocenters. The van der Waals surface area contributed by atoms with Gasteiger partial charge < -0.3 is 14.7 Å². The number of H-pyrrole nitrogens is 1. The van der Waals surface area contributed by atoms with E-state index in [0.29, 0.717) is 6.54 Å². The van der Waals surface area contributed by atoms with Gasteiger partial charge in [0.1, 0.15) is 17.4 Å². The smallest absolute Gasteiger partial charge is 0.160 e. The largest absolute Gasteiger partial charge is 0.382 e. The van der Waals surface area contributed by atoms with E-state index in [1.165, 1.54) is 5.56 Å². The number of nitrogens with one attached hydrogen (secondary N) is 1. The summed E-state index contributed by atoms with van der Waals surface area (Å²) in [5, 5.41) is 11.8. The minimum absolute atomic E-state index is 0.669. The maximum Gasteiger partial charge on any atom is 0.160 e. The lowest BCUT2D eigenvalue weighted by molar-refractivity contribution is 0.216. The highest BCUT2D eigenvalue weighted by Gasteiger charge is 2.15. The molecule has 5 heteroatoms. The summed E-state index contributed by atoms with van der Waals surface area (Å²) in [7, 11) is 0. The highest BCUT2D eigenvalue weighted by molar-refractivity contribution is 5.81. The van der Waals surface area contributed by atoms with Gasteiger partial charge in [0.15, 0.2) is 5.65 Å². The average Bonchev–Trinajstić information content (AvgIpc) is 3.30. The number of imidazole rings is 1. The molecule has 0 saturated heterocycles. The Morgan fingerprint density at radius 2 is 1.77 bits per heavy atom. The quantitative estimate of drug-likeness (QED) is 0.451. The Bertz CT molecular complexity index is 1360. The van der Waals surface area contributed by atoms with E-state index >= 15 is 0 Å². The van der Waals surface area contributed by atoms with Crippen LogP contribution in [0.2, 0.25) is 0 Å². The van der Waals surface area contributed by atoms with Crippen LogP contribution in [0.15, 0.2) is 60.7 Å². The Hall–Kier alpha value is -3.44. The molecule has 0 aliphatic rings. The third-order valence-corrected chi connectivity index (χ3v) is 5.67. The molecule has 150 valence electrons. The first-order chi connectivity index (χ1) is 14.5. The summed E-state index contributed by atoms with van der Waals surface area (Å²) in [6.07, 6.45) is -0.669. The molecule has 5 aromatic rings. The second kappa shape index (κ2) is 7.11. The fraction of sp³-hybridized carbons (Fsp3) is 0.200. The van der Waals surface area contributed by atoms with Crippen LogP contribution in [0.5, 0.6) is 0 Å². The normalized spacial score (nSPS) is 12.7. The molecule has 0 aliphatic heterocycles. The number of aromatic amines is 1. The van der Waals surface area contributed by atoms with Crippen molar-refractivity contribution in [3.63, 3.8) is 0 Å². The average molecular weight is 396 g/mol. The van der Waals surface area contributed by atoms with Crippen LogP contribution < -0.4 is 0 Å². The second-order valence-electron chi connectivity index (χ2n) is 7.96. The predicted octanol–water partition coefficient (Wildman–Crippen LogP) is 4.97. The molecular formula is C25H24N4O. The summed E-state index contributed by atoms with van der Waals surface area (Å²) in [6, 6.07) is 20.2. The van der Waals surface area contributed by atoms with Crippen LogP contribution in [0.4, 0.5) is 0 Å². The summed E-state index contributed by atoms with van der Waals surface area (Å²) in [5.74, 6) is 0.959. The number of pyridine rings is 1. The maximum atomic E-state index is 10.7. The van der Waals surface area contributed by atoms with Gasteiger partial charge in [0.05, 0.1) is 6.54 Å². The van der Waals surface area contributed by atoms with Gasteiger partial charge in [-0.25, -0.2) is 9.97 Å². The Morgan fingerprint density at radius 1 is 0.967 bits per heavy atom. The van der Waals surface area contributed by atoms with Crippen LogP contribution in [0, 0.1) is 20.8 Å². The SMILES string of the molecule is Cc1cc(C)c2nc(C)n(Cc3ccc4[nH]c(C(O)c5ccccc5)cc4c3)c2n1. The van der Waals surface area contributed by atoms with Crippen LogP contribution in [-0.2, 0) is 6.54 Å². The number of hydrogen-bond donors (Lipinski definition) is 2. The number of aryl methyl sites for hydroxylation is 3. The lowest BCUT2D eigenvalue weighted by atomic mass is 10.1. The zero-order valence-corrected chi connectivity index (χ0v) is 17.3. The summed E-state index contributed by atoms with van der Waals surface area (Å²) < 4.78 is 2.17. The highest BCUT2D eigenvalue weighted by atomic mass is 16.3. The van der Waals surface area contributed by atoms with Gasteiger partial charge in [-0.15, -0.1) is 0 Å². The number of benzene rings is 2. The molecule has 2 N–H and O–H groups in total. The van der Waals surface area contributed by atoms with Gasteiger partial charge in [-0.3, -0.25) is 0 Å². The van der Waals surface area contributed by atoms with Crippen LogP contribution in [-0.4, -0.2) is 24.6 Å². The predicted molar refractivity (Wildman–Crippen MR) is 120 cm³/mol. The van der Waals surface area contributed by atoms with Crippen LogP contribution in [0.25, 0.3) is 22.1 Å². The molecule has 0 spiro atoms. The van der Waals surface area contributed by atoms with Crippen LogP contribution >= 0.6 is 0 Å². The molecule has 0 saturated carbocycles. The third-order valence-electron chi connectivity index (χ3n) is 5.67. The maximum absolute atomic E-state index is 10.7. The van der Waals surface area contributed by atoms with Gasteiger partial charge in [-0.1, -0.05) is 36.4 Å². The number of fused-ring (bicyclic) bond motifs is 2.